The van der Waals surface area contributed by atoms with E-state index < -0.39 is 11.7 Å². The number of anilines is 1. The normalized spacial score (nSPS) is 19.0. The first-order chi connectivity index (χ1) is 12.5. The molecule has 0 bridgehead atoms. The molecule has 1 saturated carbocycles. The highest BCUT2D eigenvalue weighted by Crippen LogP contribution is 2.31. The SMILES string of the molecule is FC(F)(F)c1ccc(-c2ccc(N3CCN(CC4CC4)CC3)nn2)cc1. The van der Waals surface area contributed by atoms with Gasteiger partial charge in [0, 0.05) is 38.3 Å². The molecule has 7 heteroatoms. The fourth-order valence-corrected chi connectivity index (χ4v) is 3.30. The largest absolute Gasteiger partial charge is 0.416 e. The van der Waals surface area contributed by atoms with Gasteiger partial charge in [0.15, 0.2) is 5.82 Å². The zero-order valence-corrected chi connectivity index (χ0v) is 14.4. The lowest BCUT2D eigenvalue weighted by atomic mass is 10.1. The van der Waals surface area contributed by atoms with Gasteiger partial charge in [-0.05, 0) is 43.0 Å². The van der Waals surface area contributed by atoms with Crippen molar-refractivity contribution in [3.8, 4) is 11.3 Å². The zero-order valence-electron chi connectivity index (χ0n) is 14.4. The number of halogens is 3. The first kappa shape index (κ1) is 17.3. The van der Waals surface area contributed by atoms with E-state index in [1.54, 1.807) is 0 Å². The van der Waals surface area contributed by atoms with Gasteiger partial charge in [-0.15, -0.1) is 10.2 Å². The molecule has 138 valence electrons. The van der Waals surface area contributed by atoms with Crippen molar-refractivity contribution >= 4 is 5.82 Å². The van der Waals surface area contributed by atoms with Crippen LogP contribution in [0.2, 0.25) is 0 Å². The van der Waals surface area contributed by atoms with Gasteiger partial charge in [-0.25, -0.2) is 0 Å². The number of piperazine rings is 1. The van der Waals surface area contributed by atoms with E-state index >= 15 is 0 Å². The summed E-state index contributed by atoms with van der Waals surface area (Å²) in [6, 6.07) is 8.73. The molecular formula is C19H21F3N4. The Hall–Kier alpha value is -2.15. The van der Waals surface area contributed by atoms with Crippen LogP contribution in [0.1, 0.15) is 18.4 Å². The minimum atomic E-state index is -4.32. The molecule has 2 aromatic rings. The summed E-state index contributed by atoms with van der Waals surface area (Å²) in [5.74, 6) is 1.73. The van der Waals surface area contributed by atoms with Gasteiger partial charge < -0.3 is 4.90 Å². The Balaban J connectivity index is 1.39. The number of aromatic nitrogens is 2. The lowest BCUT2D eigenvalue weighted by Crippen LogP contribution is -2.47. The van der Waals surface area contributed by atoms with Crippen molar-refractivity contribution < 1.29 is 13.2 Å². The Morgan fingerprint density at radius 2 is 1.58 bits per heavy atom. The first-order valence-corrected chi connectivity index (χ1v) is 8.98. The molecule has 2 aliphatic rings. The Morgan fingerprint density at radius 1 is 0.885 bits per heavy atom. The van der Waals surface area contributed by atoms with Crippen molar-refractivity contribution in [2.24, 2.45) is 5.92 Å². The molecule has 1 aromatic heterocycles. The molecule has 0 radical (unpaired) electrons. The first-order valence-electron chi connectivity index (χ1n) is 8.98. The van der Waals surface area contributed by atoms with Crippen molar-refractivity contribution in [1.82, 2.24) is 15.1 Å². The third-order valence-corrected chi connectivity index (χ3v) is 5.07. The fourth-order valence-electron chi connectivity index (χ4n) is 3.30. The van der Waals surface area contributed by atoms with E-state index in [9.17, 15) is 13.2 Å². The standard InChI is InChI=1S/C19H21F3N4/c20-19(21,22)16-5-3-15(4-6-16)17-7-8-18(24-23-17)26-11-9-25(10-12-26)13-14-1-2-14/h3-8,14H,1-2,9-13H2. The number of hydrogen-bond acceptors (Lipinski definition) is 4. The van der Waals surface area contributed by atoms with Crippen LogP contribution in [0.25, 0.3) is 11.3 Å². The minimum absolute atomic E-state index is 0.579. The highest BCUT2D eigenvalue weighted by molar-refractivity contribution is 5.60. The second-order valence-electron chi connectivity index (χ2n) is 7.08. The van der Waals surface area contributed by atoms with Crippen LogP contribution in [0.5, 0.6) is 0 Å². The van der Waals surface area contributed by atoms with E-state index in [-0.39, 0.29) is 0 Å². The van der Waals surface area contributed by atoms with Crippen LogP contribution < -0.4 is 4.90 Å². The summed E-state index contributed by atoms with van der Waals surface area (Å²) in [6.07, 6.45) is -1.58. The maximum Gasteiger partial charge on any atom is 0.416 e. The molecule has 1 aliphatic carbocycles. The lowest BCUT2D eigenvalue weighted by Gasteiger charge is -2.35. The van der Waals surface area contributed by atoms with Crippen LogP contribution in [0.3, 0.4) is 0 Å². The van der Waals surface area contributed by atoms with Gasteiger partial charge in [0.05, 0.1) is 11.3 Å². The molecular weight excluding hydrogens is 341 g/mol. The molecule has 1 saturated heterocycles. The fraction of sp³-hybridized carbons (Fsp3) is 0.474. The van der Waals surface area contributed by atoms with Crippen LogP contribution >= 0.6 is 0 Å². The van der Waals surface area contributed by atoms with Gasteiger partial charge >= 0.3 is 6.18 Å². The van der Waals surface area contributed by atoms with Gasteiger partial charge in [-0.1, -0.05) is 12.1 Å². The van der Waals surface area contributed by atoms with E-state index in [4.69, 9.17) is 0 Å². The molecule has 2 fully saturated rings. The van der Waals surface area contributed by atoms with Crippen LogP contribution in [-0.2, 0) is 6.18 Å². The van der Waals surface area contributed by atoms with Crippen LogP contribution in [0, 0.1) is 5.92 Å². The van der Waals surface area contributed by atoms with Crippen LogP contribution in [-0.4, -0.2) is 47.8 Å². The highest BCUT2D eigenvalue weighted by atomic mass is 19.4. The topological polar surface area (TPSA) is 32.3 Å². The van der Waals surface area contributed by atoms with E-state index in [0.29, 0.717) is 11.3 Å². The molecule has 0 spiro atoms. The molecule has 1 aliphatic heterocycles. The molecule has 1 aromatic carbocycles. The zero-order chi connectivity index (χ0) is 18.1. The lowest BCUT2D eigenvalue weighted by molar-refractivity contribution is -0.137. The van der Waals surface area contributed by atoms with Crippen LogP contribution in [0.15, 0.2) is 36.4 Å². The molecule has 4 rings (SSSR count). The van der Waals surface area contributed by atoms with E-state index in [1.807, 2.05) is 12.1 Å². The Labute approximate surface area is 150 Å². The third-order valence-electron chi connectivity index (χ3n) is 5.07. The van der Waals surface area contributed by atoms with Crippen molar-refractivity contribution in [2.45, 2.75) is 19.0 Å². The number of hydrogen-bond donors (Lipinski definition) is 0. The monoisotopic (exact) mass is 362 g/mol. The minimum Gasteiger partial charge on any atom is -0.353 e. The van der Waals surface area contributed by atoms with Gasteiger partial charge in [-0.2, -0.15) is 13.2 Å². The maximum absolute atomic E-state index is 12.6. The molecule has 0 unspecified atom stereocenters. The van der Waals surface area contributed by atoms with Crippen LogP contribution in [0.4, 0.5) is 19.0 Å². The average molecular weight is 362 g/mol. The summed E-state index contributed by atoms with van der Waals surface area (Å²) in [6.45, 7) is 5.16. The number of nitrogens with zero attached hydrogens (tertiary/aromatic N) is 4. The third kappa shape index (κ3) is 3.98. The molecule has 4 nitrogen and oxygen atoms in total. The summed E-state index contributed by atoms with van der Waals surface area (Å²) < 4.78 is 37.9. The summed E-state index contributed by atoms with van der Waals surface area (Å²) in [5, 5.41) is 8.49. The second kappa shape index (κ2) is 6.87. The van der Waals surface area contributed by atoms with Crippen molar-refractivity contribution in [2.75, 3.05) is 37.6 Å². The predicted molar refractivity (Wildman–Crippen MR) is 93.8 cm³/mol. The highest BCUT2D eigenvalue weighted by Gasteiger charge is 2.30. The van der Waals surface area contributed by atoms with Gasteiger partial charge in [0.1, 0.15) is 0 Å². The number of benzene rings is 1. The summed E-state index contributed by atoms with van der Waals surface area (Å²) >= 11 is 0. The van der Waals surface area contributed by atoms with Gasteiger partial charge in [-0.3, -0.25) is 4.90 Å². The molecule has 0 atom stereocenters. The molecule has 0 amide bonds. The van der Waals surface area contributed by atoms with Crippen molar-refractivity contribution in [1.29, 1.82) is 0 Å². The quantitative estimate of drug-likeness (QED) is 0.830. The maximum atomic E-state index is 12.6. The molecule has 26 heavy (non-hydrogen) atoms. The Kier molecular flexibility index (Phi) is 4.56. The Morgan fingerprint density at radius 3 is 2.12 bits per heavy atom. The second-order valence-corrected chi connectivity index (χ2v) is 7.08. The Bertz CT molecular complexity index is 731. The summed E-state index contributed by atoms with van der Waals surface area (Å²) in [7, 11) is 0. The summed E-state index contributed by atoms with van der Waals surface area (Å²) in [4.78, 5) is 4.73. The molecule has 0 N–H and O–H groups in total. The van der Waals surface area contributed by atoms with Crippen molar-refractivity contribution in [3.05, 3.63) is 42.0 Å². The smallest absolute Gasteiger partial charge is 0.353 e. The van der Waals surface area contributed by atoms with Crippen molar-refractivity contribution in [3.63, 3.8) is 0 Å². The average Bonchev–Trinajstić information content (AvgIpc) is 3.46. The van der Waals surface area contributed by atoms with E-state index in [2.05, 4.69) is 20.0 Å². The predicted octanol–water partition coefficient (Wildman–Crippen LogP) is 3.69. The number of alkyl halides is 3. The molecule has 2 heterocycles. The number of rotatable bonds is 4. The van der Waals surface area contributed by atoms with E-state index in [0.717, 1.165) is 50.0 Å². The van der Waals surface area contributed by atoms with E-state index in [1.165, 1.54) is 31.5 Å². The van der Waals surface area contributed by atoms with Gasteiger partial charge in [0.25, 0.3) is 0 Å². The van der Waals surface area contributed by atoms with Gasteiger partial charge in [0.2, 0.25) is 0 Å². The summed E-state index contributed by atoms with van der Waals surface area (Å²) in [5.41, 5.74) is 0.552.